The lowest BCUT2D eigenvalue weighted by atomic mass is 10.2. The highest BCUT2D eigenvalue weighted by molar-refractivity contribution is 5.37. The molecule has 0 radical (unpaired) electrons. The molecule has 2 heterocycles. The molecule has 1 aliphatic heterocycles. The van der Waals surface area contributed by atoms with Crippen LogP contribution in [0.3, 0.4) is 0 Å². The van der Waals surface area contributed by atoms with E-state index in [2.05, 4.69) is 32.5 Å². The van der Waals surface area contributed by atoms with Crippen LogP contribution in [0, 0.1) is 0 Å². The third kappa shape index (κ3) is 3.19. The third-order valence-electron chi connectivity index (χ3n) is 3.78. The van der Waals surface area contributed by atoms with Crippen LogP contribution in [-0.4, -0.2) is 29.3 Å². The zero-order valence-electron chi connectivity index (χ0n) is 10.9. The molecule has 1 saturated heterocycles. The maximum atomic E-state index is 4.38. The summed E-state index contributed by atoms with van der Waals surface area (Å²) in [5, 5.41) is 12.2. The summed E-state index contributed by atoms with van der Waals surface area (Å²) < 4.78 is 0. The Balaban J connectivity index is 1.58. The predicted molar refractivity (Wildman–Crippen MR) is 72.6 cm³/mol. The number of nitrogens with zero attached hydrogens (tertiary/aromatic N) is 3. The molecule has 0 aromatic carbocycles. The van der Waals surface area contributed by atoms with Crippen LogP contribution in [0.5, 0.6) is 0 Å². The van der Waals surface area contributed by atoms with Crippen molar-refractivity contribution in [3.05, 3.63) is 17.8 Å². The Morgan fingerprint density at radius 3 is 2.44 bits per heavy atom. The second-order valence-electron chi connectivity index (χ2n) is 5.44. The Hall–Kier alpha value is -1.16. The highest BCUT2D eigenvalue weighted by Crippen LogP contribution is 2.19. The van der Waals surface area contributed by atoms with E-state index in [0.717, 1.165) is 37.2 Å². The minimum Gasteiger partial charge on any atom is -0.355 e. The molecule has 0 bridgehead atoms. The number of hydrogen-bond donors (Lipinski definition) is 1. The maximum Gasteiger partial charge on any atom is 0.151 e. The van der Waals surface area contributed by atoms with Crippen LogP contribution >= 0.6 is 0 Å². The number of hydrogen-bond acceptors (Lipinski definition) is 4. The van der Waals surface area contributed by atoms with E-state index in [1.165, 1.54) is 38.5 Å². The average molecular weight is 246 g/mol. The van der Waals surface area contributed by atoms with Crippen LogP contribution in [0.15, 0.2) is 12.1 Å². The second kappa shape index (κ2) is 5.65. The lowest BCUT2D eigenvalue weighted by Crippen LogP contribution is -2.25. The fourth-order valence-corrected chi connectivity index (χ4v) is 2.45. The second-order valence-corrected chi connectivity index (χ2v) is 5.44. The fourth-order valence-electron chi connectivity index (χ4n) is 2.45. The number of anilines is 1. The van der Waals surface area contributed by atoms with Crippen LogP contribution < -0.4 is 10.2 Å². The van der Waals surface area contributed by atoms with E-state index in [4.69, 9.17) is 0 Å². The van der Waals surface area contributed by atoms with Gasteiger partial charge in [0.25, 0.3) is 0 Å². The topological polar surface area (TPSA) is 41.1 Å². The van der Waals surface area contributed by atoms with Crippen molar-refractivity contribution < 1.29 is 0 Å². The molecule has 0 atom stereocenters. The van der Waals surface area contributed by atoms with Crippen LogP contribution in [0.2, 0.25) is 0 Å². The Morgan fingerprint density at radius 2 is 1.83 bits per heavy atom. The van der Waals surface area contributed by atoms with Crippen LogP contribution in [0.1, 0.15) is 44.2 Å². The fraction of sp³-hybridized carbons (Fsp3) is 0.714. The first-order valence-corrected chi connectivity index (χ1v) is 7.23. The summed E-state index contributed by atoms with van der Waals surface area (Å²) in [4.78, 5) is 2.37. The van der Waals surface area contributed by atoms with Gasteiger partial charge in [-0.25, -0.2) is 0 Å². The van der Waals surface area contributed by atoms with E-state index < -0.39 is 0 Å². The van der Waals surface area contributed by atoms with Gasteiger partial charge >= 0.3 is 0 Å². The van der Waals surface area contributed by atoms with E-state index in [1.807, 2.05) is 0 Å². The summed E-state index contributed by atoms with van der Waals surface area (Å²) in [6, 6.07) is 4.97. The summed E-state index contributed by atoms with van der Waals surface area (Å²) in [6.45, 7) is 3.13. The van der Waals surface area contributed by atoms with Gasteiger partial charge < -0.3 is 10.2 Å². The SMILES string of the molecule is c1cc(N2CCCCCC2)nnc1CNC1CC1. The molecule has 4 heteroatoms. The van der Waals surface area contributed by atoms with Gasteiger partial charge in [0.2, 0.25) is 0 Å². The number of nitrogens with one attached hydrogen (secondary N) is 1. The van der Waals surface area contributed by atoms with Crippen molar-refractivity contribution in [2.75, 3.05) is 18.0 Å². The monoisotopic (exact) mass is 246 g/mol. The molecule has 2 fully saturated rings. The first kappa shape index (κ1) is 11.9. The quantitative estimate of drug-likeness (QED) is 0.883. The molecule has 0 spiro atoms. The number of aromatic nitrogens is 2. The highest BCUT2D eigenvalue weighted by atomic mass is 15.3. The molecule has 0 amide bonds. The average Bonchev–Trinajstić information content (AvgIpc) is 3.24. The van der Waals surface area contributed by atoms with Crippen molar-refractivity contribution >= 4 is 5.82 Å². The van der Waals surface area contributed by atoms with Crippen LogP contribution in [0.4, 0.5) is 5.82 Å². The normalized spacial score (nSPS) is 20.8. The molecule has 2 aliphatic rings. The van der Waals surface area contributed by atoms with Crippen molar-refractivity contribution in [1.29, 1.82) is 0 Å². The van der Waals surface area contributed by atoms with Crippen LogP contribution in [-0.2, 0) is 6.54 Å². The summed E-state index contributed by atoms with van der Waals surface area (Å²) in [6.07, 6.45) is 7.92. The molecular weight excluding hydrogens is 224 g/mol. The smallest absolute Gasteiger partial charge is 0.151 e. The Kier molecular flexibility index (Phi) is 3.74. The van der Waals surface area contributed by atoms with Gasteiger partial charge in [-0.05, 0) is 37.8 Å². The van der Waals surface area contributed by atoms with Crippen molar-refractivity contribution in [3.63, 3.8) is 0 Å². The lowest BCUT2D eigenvalue weighted by molar-refractivity contribution is 0.662. The van der Waals surface area contributed by atoms with Crippen molar-refractivity contribution in [2.24, 2.45) is 0 Å². The number of rotatable bonds is 4. The standard InChI is InChI=1S/C14H22N4/c1-2-4-10-18(9-3-1)14-8-7-13(16-17-14)11-15-12-5-6-12/h7-8,12,15H,1-6,9-11H2. The maximum absolute atomic E-state index is 4.38. The Labute approximate surface area is 109 Å². The van der Waals surface area contributed by atoms with E-state index in [9.17, 15) is 0 Å². The van der Waals surface area contributed by atoms with E-state index in [1.54, 1.807) is 0 Å². The summed E-state index contributed by atoms with van der Waals surface area (Å²) in [5.41, 5.74) is 1.06. The molecule has 4 nitrogen and oxygen atoms in total. The molecule has 3 rings (SSSR count). The first-order valence-electron chi connectivity index (χ1n) is 7.23. The highest BCUT2D eigenvalue weighted by Gasteiger charge is 2.20. The molecule has 18 heavy (non-hydrogen) atoms. The molecule has 1 aromatic rings. The van der Waals surface area contributed by atoms with Gasteiger partial charge in [0.05, 0.1) is 5.69 Å². The predicted octanol–water partition coefficient (Wildman–Crippen LogP) is 2.11. The summed E-state index contributed by atoms with van der Waals surface area (Å²) in [5.74, 6) is 1.05. The van der Waals surface area contributed by atoms with E-state index in [-0.39, 0.29) is 0 Å². The van der Waals surface area contributed by atoms with E-state index >= 15 is 0 Å². The molecule has 1 saturated carbocycles. The molecule has 1 aliphatic carbocycles. The van der Waals surface area contributed by atoms with Gasteiger partial charge in [-0.1, -0.05) is 12.8 Å². The van der Waals surface area contributed by atoms with Gasteiger partial charge in [-0.2, -0.15) is 5.10 Å². The molecule has 1 N–H and O–H groups in total. The van der Waals surface area contributed by atoms with Gasteiger partial charge in [0, 0.05) is 25.7 Å². The van der Waals surface area contributed by atoms with Crippen molar-refractivity contribution in [2.45, 2.75) is 51.1 Å². The third-order valence-corrected chi connectivity index (χ3v) is 3.78. The van der Waals surface area contributed by atoms with E-state index in [0.29, 0.717) is 0 Å². The van der Waals surface area contributed by atoms with Crippen molar-refractivity contribution in [3.8, 4) is 0 Å². The zero-order chi connectivity index (χ0) is 12.2. The minimum absolute atomic E-state index is 0.733. The Morgan fingerprint density at radius 1 is 1.06 bits per heavy atom. The molecule has 1 aromatic heterocycles. The van der Waals surface area contributed by atoms with Crippen LogP contribution in [0.25, 0.3) is 0 Å². The van der Waals surface area contributed by atoms with Gasteiger partial charge in [-0.15, -0.1) is 5.10 Å². The van der Waals surface area contributed by atoms with Gasteiger partial charge in [-0.3, -0.25) is 0 Å². The largest absolute Gasteiger partial charge is 0.355 e. The van der Waals surface area contributed by atoms with Gasteiger partial charge in [0.1, 0.15) is 0 Å². The first-order chi connectivity index (χ1) is 8.92. The van der Waals surface area contributed by atoms with Crippen molar-refractivity contribution in [1.82, 2.24) is 15.5 Å². The molecule has 0 unspecified atom stereocenters. The summed E-state index contributed by atoms with van der Waals surface area (Å²) >= 11 is 0. The minimum atomic E-state index is 0.733. The Bertz CT molecular complexity index is 364. The molecule has 98 valence electrons. The zero-order valence-corrected chi connectivity index (χ0v) is 10.9. The van der Waals surface area contributed by atoms with Gasteiger partial charge in [0.15, 0.2) is 5.82 Å². The summed E-state index contributed by atoms with van der Waals surface area (Å²) in [7, 11) is 0. The lowest BCUT2D eigenvalue weighted by Gasteiger charge is -2.20. The molecular formula is C14H22N4.